The first-order chi connectivity index (χ1) is 7.04. The predicted molar refractivity (Wildman–Crippen MR) is 72.6 cm³/mol. The van der Waals surface area contributed by atoms with E-state index in [0.29, 0.717) is 12.1 Å². The molecule has 0 saturated carbocycles. The van der Waals surface area contributed by atoms with Crippen molar-refractivity contribution in [1.29, 1.82) is 0 Å². The maximum atomic E-state index is 2.54. The van der Waals surface area contributed by atoms with Gasteiger partial charge in [0, 0.05) is 22.9 Å². The van der Waals surface area contributed by atoms with Crippen molar-refractivity contribution in [3.63, 3.8) is 0 Å². The average molecular weight is 223 g/mol. The van der Waals surface area contributed by atoms with Crippen LogP contribution in [0.5, 0.6) is 0 Å². The summed E-state index contributed by atoms with van der Waals surface area (Å²) in [6.45, 7) is 18.9. The van der Waals surface area contributed by atoms with E-state index in [2.05, 4.69) is 67.3 Å². The molecule has 16 heavy (non-hydrogen) atoms. The lowest BCUT2D eigenvalue weighted by Gasteiger charge is -2.42. The van der Waals surface area contributed by atoms with E-state index in [1.165, 1.54) is 0 Å². The number of hydrogen-bond donors (Lipinski definition) is 0. The Morgan fingerprint density at radius 2 is 1.06 bits per heavy atom. The minimum Gasteiger partial charge on any atom is -0.299 e. The molecule has 1 nitrogen and oxygen atoms in total. The monoisotopic (exact) mass is 223 g/mol. The molecular weight excluding hydrogens is 194 g/mol. The summed E-state index contributed by atoms with van der Waals surface area (Å²) in [7, 11) is 2.27. The van der Waals surface area contributed by atoms with Gasteiger partial charge >= 0.3 is 0 Å². The molecule has 0 aromatic carbocycles. The van der Waals surface area contributed by atoms with Gasteiger partial charge < -0.3 is 0 Å². The fourth-order valence-electron chi connectivity index (χ4n) is 2.95. The molecule has 0 saturated heterocycles. The Kier molecular flexibility index (Phi) is 3.33. The van der Waals surface area contributed by atoms with Gasteiger partial charge in [0.15, 0.2) is 0 Å². The van der Waals surface area contributed by atoms with E-state index >= 15 is 0 Å². The lowest BCUT2D eigenvalue weighted by Crippen LogP contribution is -2.48. The van der Waals surface area contributed by atoms with Crippen molar-refractivity contribution >= 4 is 0 Å². The Labute approximate surface area is 102 Å². The highest BCUT2D eigenvalue weighted by Gasteiger charge is 2.43. The van der Waals surface area contributed by atoms with Crippen LogP contribution in [0.2, 0.25) is 0 Å². The summed E-state index contributed by atoms with van der Waals surface area (Å²) < 4.78 is 0. The van der Waals surface area contributed by atoms with Gasteiger partial charge in [-0.2, -0.15) is 0 Å². The van der Waals surface area contributed by atoms with E-state index < -0.39 is 0 Å². The summed E-state index contributed by atoms with van der Waals surface area (Å²) in [5, 5.41) is 0. The lowest BCUT2D eigenvalue weighted by molar-refractivity contribution is 0.0813. The summed E-state index contributed by atoms with van der Waals surface area (Å²) in [6.07, 6.45) is 0. The van der Waals surface area contributed by atoms with Crippen LogP contribution in [-0.2, 0) is 0 Å². The van der Waals surface area contributed by atoms with Crippen molar-refractivity contribution < 1.29 is 0 Å². The number of nitrogens with zero attached hydrogens (tertiary/aromatic N) is 1. The van der Waals surface area contributed by atoms with Crippen molar-refractivity contribution in [3.05, 3.63) is 11.1 Å². The van der Waals surface area contributed by atoms with Crippen LogP contribution in [-0.4, -0.2) is 24.0 Å². The third-order valence-electron chi connectivity index (χ3n) is 5.81. The van der Waals surface area contributed by atoms with E-state index in [-0.39, 0.29) is 10.8 Å². The average Bonchev–Trinajstić information content (AvgIpc) is 2.24. The summed E-state index contributed by atoms with van der Waals surface area (Å²) in [5.41, 5.74) is 3.67. The van der Waals surface area contributed by atoms with Gasteiger partial charge in [0.05, 0.1) is 0 Å². The fraction of sp³-hybridized carbons (Fsp3) is 0.867. The molecule has 2 atom stereocenters. The molecule has 0 aliphatic carbocycles. The zero-order chi connectivity index (χ0) is 12.9. The first-order valence-electron chi connectivity index (χ1n) is 6.45. The standard InChI is InChI=1S/C15H29N/c1-10-11(2)15(7,8)13(4)16(9)12(3)14(10,5)6/h12-13H,1-9H3. The highest BCUT2D eigenvalue weighted by molar-refractivity contribution is 5.28. The minimum atomic E-state index is 0.265. The van der Waals surface area contributed by atoms with Crippen LogP contribution in [0, 0.1) is 10.8 Å². The first kappa shape index (κ1) is 13.8. The molecule has 0 amide bonds. The van der Waals surface area contributed by atoms with Crippen LogP contribution in [0.1, 0.15) is 55.4 Å². The van der Waals surface area contributed by atoms with Gasteiger partial charge in [-0.25, -0.2) is 0 Å². The fourth-order valence-corrected chi connectivity index (χ4v) is 2.95. The molecule has 0 fully saturated rings. The second kappa shape index (κ2) is 3.87. The zero-order valence-corrected chi connectivity index (χ0v) is 12.6. The van der Waals surface area contributed by atoms with Crippen molar-refractivity contribution in [1.82, 2.24) is 4.90 Å². The van der Waals surface area contributed by atoms with Crippen molar-refractivity contribution in [2.45, 2.75) is 67.5 Å². The first-order valence-corrected chi connectivity index (χ1v) is 6.45. The molecule has 0 aromatic heterocycles. The van der Waals surface area contributed by atoms with Crippen LogP contribution in [0.3, 0.4) is 0 Å². The second-order valence-corrected chi connectivity index (χ2v) is 6.71. The second-order valence-electron chi connectivity index (χ2n) is 6.71. The molecule has 2 unspecified atom stereocenters. The van der Waals surface area contributed by atoms with E-state index in [4.69, 9.17) is 0 Å². The molecule has 1 aliphatic heterocycles. The summed E-state index contributed by atoms with van der Waals surface area (Å²) in [4.78, 5) is 2.54. The van der Waals surface area contributed by atoms with Gasteiger partial charge in [-0.05, 0) is 34.7 Å². The molecule has 1 heteroatoms. The van der Waals surface area contributed by atoms with E-state index in [0.717, 1.165) is 0 Å². The molecule has 0 bridgehead atoms. The number of rotatable bonds is 0. The van der Waals surface area contributed by atoms with Crippen LogP contribution in [0.4, 0.5) is 0 Å². The van der Waals surface area contributed by atoms with Crippen molar-refractivity contribution in [3.8, 4) is 0 Å². The van der Waals surface area contributed by atoms with Crippen LogP contribution in [0.25, 0.3) is 0 Å². The molecule has 1 heterocycles. The van der Waals surface area contributed by atoms with Crippen LogP contribution < -0.4 is 0 Å². The summed E-state index contributed by atoms with van der Waals surface area (Å²) in [5.74, 6) is 0. The third kappa shape index (κ3) is 1.73. The van der Waals surface area contributed by atoms with Gasteiger partial charge in [0.25, 0.3) is 0 Å². The normalized spacial score (nSPS) is 35.1. The quantitative estimate of drug-likeness (QED) is 0.559. The SMILES string of the molecule is CC1=C(C)C(C)(C)C(C)N(C)C(C)C1(C)C. The molecule has 0 radical (unpaired) electrons. The van der Waals surface area contributed by atoms with Gasteiger partial charge in [-0.15, -0.1) is 0 Å². The van der Waals surface area contributed by atoms with Gasteiger partial charge in [-0.3, -0.25) is 4.90 Å². The van der Waals surface area contributed by atoms with Crippen LogP contribution in [0.15, 0.2) is 11.1 Å². The molecule has 0 spiro atoms. The maximum Gasteiger partial charge on any atom is 0.0155 e. The molecule has 94 valence electrons. The van der Waals surface area contributed by atoms with Gasteiger partial charge in [0.2, 0.25) is 0 Å². The van der Waals surface area contributed by atoms with E-state index in [1.807, 2.05) is 0 Å². The predicted octanol–water partition coefficient (Wildman–Crippen LogP) is 4.10. The largest absolute Gasteiger partial charge is 0.299 e. The minimum absolute atomic E-state index is 0.265. The van der Waals surface area contributed by atoms with E-state index in [1.54, 1.807) is 11.1 Å². The molecule has 0 N–H and O–H groups in total. The Balaban J connectivity index is 3.41. The molecule has 0 aromatic rings. The number of hydrogen-bond acceptors (Lipinski definition) is 1. The Bertz CT molecular complexity index is 279. The van der Waals surface area contributed by atoms with Crippen molar-refractivity contribution in [2.75, 3.05) is 7.05 Å². The summed E-state index contributed by atoms with van der Waals surface area (Å²) in [6, 6.07) is 1.17. The smallest absolute Gasteiger partial charge is 0.0155 e. The van der Waals surface area contributed by atoms with Crippen molar-refractivity contribution in [2.24, 2.45) is 10.8 Å². The molecule has 1 aliphatic rings. The topological polar surface area (TPSA) is 3.24 Å². The highest BCUT2D eigenvalue weighted by Crippen LogP contribution is 2.46. The van der Waals surface area contributed by atoms with Crippen LogP contribution >= 0.6 is 0 Å². The highest BCUT2D eigenvalue weighted by atomic mass is 15.2. The lowest BCUT2D eigenvalue weighted by atomic mass is 9.72. The summed E-state index contributed by atoms with van der Waals surface area (Å²) >= 11 is 0. The Hall–Kier alpha value is -0.300. The molecule has 1 rings (SSSR count). The third-order valence-corrected chi connectivity index (χ3v) is 5.81. The van der Waals surface area contributed by atoms with Gasteiger partial charge in [-0.1, -0.05) is 38.8 Å². The Morgan fingerprint density at radius 3 is 1.31 bits per heavy atom. The zero-order valence-electron chi connectivity index (χ0n) is 12.6. The Morgan fingerprint density at radius 1 is 0.812 bits per heavy atom. The molecular formula is C15H29N. The van der Waals surface area contributed by atoms with Gasteiger partial charge in [0.1, 0.15) is 0 Å². The van der Waals surface area contributed by atoms with E-state index in [9.17, 15) is 0 Å². The maximum absolute atomic E-state index is 2.54.